The van der Waals surface area contributed by atoms with Crippen LogP contribution in [0.15, 0.2) is 41.5 Å². The smallest absolute Gasteiger partial charge is 0.168 e. The van der Waals surface area contributed by atoms with Crippen molar-refractivity contribution in [3.8, 4) is 16.9 Å². The Morgan fingerprint density at radius 2 is 1.84 bits per heavy atom. The summed E-state index contributed by atoms with van der Waals surface area (Å²) in [6.07, 6.45) is 5.11. The molecule has 2 nitrogen and oxygen atoms in total. The van der Waals surface area contributed by atoms with Gasteiger partial charge in [0, 0.05) is 34.4 Å². The molecule has 31 heavy (non-hydrogen) atoms. The van der Waals surface area contributed by atoms with Gasteiger partial charge >= 0.3 is 0 Å². The molecule has 0 radical (unpaired) electrons. The predicted octanol–water partition coefficient (Wildman–Crippen LogP) is 7.81. The zero-order valence-electron chi connectivity index (χ0n) is 18.8. The number of hydrogen-bond acceptors (Lipinski definition) is 2. The lowest BCUT2D eigenvalue weighted by Gasteiger charge is -2.41. The molecule has 162 valence electrons. The highest BCUT2D eigenvalue weighted by atomic mass is 19.1. The molecule has 0 aromatic heterocycles. The minimum atomic E-state index is -0.635. The number of halogens is 2. The average molecular weight is 422 g/mol. The SMILES string of the molecule is CC1=CC(C)(C)Nc2ccc3c(c21)[C@H]([C@H]1CCCC(C)=C1C)Oc1c(F)cc(F)cc1-3. The van der Waals surface area contributed by atoms with E-state index in [1.807, 2.05) is 12.1 Å². The van der Waals surface area contributed by atoms with Crippen LogP contribution in [0.5, 0.6) is 5.75 Å². The predicted molar refractivity (Wildman–Crippen MR) is 122 cm³/mol. The van der Waals surface area contributed by atoms with Crippen LogP contribution >= 0.6 is 0 Å². The molecule has 0 spiro atoms. The van der Waals surface area contributed by atoms with E-state index in [0.717, 1.165) is 47.7 Å². The number of rotatable bonds is 1. The monoisotopic (exact) mass is 421 g/mol. The van der Waals surface area contributed by atoms with Crippen molar-refractivity contribution in [2.75, 3.05) is 5.32 Å². The van der Waals surface area contributed by atoms with Gasteiger partial charge in [-0.25, -0.2) is 8.78 Å². The van der Waals surface area contributed by atoms with E-state index in [9.17, 15) is 8.78 Å². The van der Waals surface area contributed by atoms with Crippen LogP contribution in [-0.4, -0.2) is 5.54 Å². The van der Waals surface area contributed by atoms with Gasteiger partial charge in [-0.1, -0.05) is 23.3 Å². The summed E-state index contributed by atoms with van der Waals surface area (Å²) in [5, 5.41) is 3.61. The zero-order chi connectivity index (χ0) is 22.1. The van der Waals surface area contributed by atoms with Crippen molar-refractivity contribution in [1.29, 1.82) is 0 Å². The van der Waals surface area contributed by atoms with Crippen LogP contribution < -0.4 is 10.1 Å². The van der Waals surface area contributed by atoms with Crippen molar-refractivity contribution in [1.82, 2.24) is 0 Å². The first-order valence-electron chi connectivity index (χ1n) is 11.1. The van der Waals surface area contributed by atoms with Crippen molar-refractivity contribution in [2.24, 2.45) is 5.92 Å². The summed E-state index contributed by atoms with van der Waals surface area (Å²) in [7, 11) is 0. The molecule has 0 amide bonds. The lowest BCUT2D eigenvalue weighted by molar-refractivity contribution is 0.132. The summed E-state index contributed by atoms with van der Waals surface area (Å²) >= 11 is 0. The third-order valence-corrected chi connectivity index (χ3v) is 7.16. The highest BCUT2D eigenvalue weighted by molar-refractivity contribution is 5.89. The largest absolute Gasteiger partial charge is 0.481 e. The first-order valence-corrected chi connectivity index (χ1v) is 11.1. The molecule has 2 atom stereocenters. The quantitative estimate of drug-likeness (QED) is 0.474. The molecule has 4 heteroatoms. The van der Waals surface area contributed by atoms with E-state index in [2.05, 4.69) is 46.0 Å². The molecular formula is C27H29F2NO. The number of nitrogens with one attached hydrogen (secondary N) is 1. The van der Waals surface area contributed by atoms with Crippen LogP contribution in [0.1, 0.15) is 71.1 Å². The van der Waals surface area contributed by atoms with Crippen molar-refractivity contribution in [3.05, 3.63) is 64.2 Å². The molecule has 2 aromatic carbocycles. The van der Waals surface area contributed by atoms with Crippen LogP contribution in [0, 0.1) is 17.6 Å². The molecule has 1 aliphatic carbocycles. The molecule has 0 saturated heterocycles. The lowest BCUT2D eigenvalue weighted by Crippen LogP contribution is -2.33. The second-order valence-corrected chi connectivity index (χ2v) is 9.89. The molecule has 0 saturated carbocycles. The Labute approximate surface area is 183 Å². The molecule has 0 fully saturated rings. The minimum absolute atomic E-state index is 0.163. The van der Waals surface area contributed by atoms with Crippen LogP contribution in [0.4, 0.5) is 14.5 Å². The van der Waals surface area contributed by atoms with Gasteiger partial charge < -0.3 is 10.1 Å². The average Bonchev–Trinajstić information content (AvgIpc) is 2.68. The summed E-state index contributed by atoms with van der Waals surface area (Å²) in [6, 6.07) is 6.35. The molecule has 0 unspecified atom stereocenters. The highest BCUT2D eigenvalue weighted by Crippen LogP contribution is 2.54. The number of anilines is 1. The maximum absolute atomic E-state index is 14.9. The van der Waals surface area contributed by atoms with E-state index >= 15 is 0 Å². The third-order valence-electron chi connectivity index (χ3n) is 7.16. The van der Waals surface area contributed by atoms with E-state index in [1.54, 1.807) is 0 Å². The summed E-state index contributed by atoms with van der Waals surface area (Å²) in [5.74, 6) is -0.887. The molecule has 0 bridgehead atoms. The van der Waals surface area contributed by atoms with Gasteiger partial charge in [-0.15, -0.1) is 0 Å². The Morgan fingerprint density at radius 1 is 1.06 bits per heavy atom. The van der Waals surface area contributed by atoms with E-state index in [4.69, 9.17) is 4.74 Å². The molecule has 5 rings (SSSR count). The van der Waals surface area contributed by atoms with Crippen molar-refractivity contribution >= 4 is 11.3 Å². The van der Waals surface area contributed by atoms with Gasteiger partial charge in [-0.3, -0.25) is 0 Å². The maximum Gasteiger partial charge on any atom is 0.168 e. The summed E-state index contributed by atoms with van der Waals surface area (Å²) in [5.41, 5.74) is 8.29. The number of allylic oxidation sites excluding steroid dienone is 2. The fourth-order valence-corrected chi connectivity index (χ4v) is 5.72. The molecule has 2 aliphatic heterocycles. The van der Waals surface area contributed by atoms with Crippen molar-refractivity contribution < 1.29 is 13.5 Å². The van der Waals surface area contributed by atoms with Gasteiger partial charge in [0.1, 0.15) is 11.9 Å². The van der Waals surface area contributed by atoms with Gasteiger partial charge in [0.05, 0.1) is 5.54 Å². The van der Waals surface area contributed by atoms with Crippen LogP contribution in [0.25, 0.3) is 16.7 Å². The first kappa shape index (κ1) is 20.3. The van der Waals surface area contributed by atoms with E-state index in [1.165, 1.54) is 22.8 Å². The fourth-order valence-electron chi connectivity index (χ4n) is 5.72. The maximum atomic E-state index is 14.9. The van der Waals surface area contributed by atoms with Crippen LogP contribution in [-0.2, 0) is 0 Å². The zero-order valence-corrected chi connectivity index (χ0v) is 18.8. The third kappa shape index (κ3) is 3.19. The number of fused-ring (bicyclic) bond motifs is 5. The van der Waals surface area contributed by atoms with E-state index < -0.39 is 11.6 Å². The topological polar surface area (TPSA) is 21.3 Å². The van der Waals surface area contributed by atoms with Gasteiger partial charge in [-0.2, -0.15) is 0 Å². The second kappa shape index (κ2) is 6.94. The molecule has 2 aromatic rings. The van der Waals surface area contributed by atoms with Crippen molar-refractivity contribution in [3.63, 3.8) is 0 Å². The van der Waals surface area contributed by atoms with Crippen LogP contribution in [0.2, 0.25) is 0 Å². The lowest BCUT2D eigenvalue weighted by atomic mass is 9.73. The Kier molecular flexibility index (Phi) is 4.55. The first-order chi connectivity index (χ1) is 14.7. The number of ether oxygens (including phenoxy) is 1. The standard InChI is InChI=1S/C27H29F2NO/c1-14-7-6-8-18(16(14)3)26-24-19(20-11-17(28)12-21(29)25(20)31-26)9-10-22-23(24)15(2)13-27(4,5)30-22/h9-13,18,26,30H,6-8H2,1-5H3/t18-,26-/m0/s1. The van der Waals surface area contributed by atoms with Gasteiger partial charge in [0.15, 0.2) is 11.6 Å². The normalized spacial score (nSPS) is 23.8. The highest BCUT2D eigenvalue weighted by Gasteiger charge is 2.40. The van der Waals surface area contributed by atoms with E-state index in [-0.39, 0.29) is 23.3 Å². The van der Waals surface area contributed by atoms with Crippen LogP contribution in [0.3, 0.4) is 0 Å². The molecular weight excluding hydrogens is 392 g/mol. The Hall–Kier alpha value is -2.62. The Balaban J connectivity index is 1.80. The Morgan fingerprint density at radius 3 is 2.61 bits per heavy atom. The summed E-state index contributed by atoms with van der Waals surface area (Å²) in [6.45, 7) is 10.8. The number of benzene rings is 2. The summed E-state index contributed by atoms with van der Waals surface area (Å²) < 4.78 is 35.5. The molecule has 1 N–H and O–H groups in total. The second-order valence-electron chi connectivity index (χ2n) is 9.89. The molecule has 3 aliphatic rings. The van der Waals surface area contributed by atoms with Gasteiger partial charge in [-0.05, 0) is 77.2 Å². The van der Waals surface area contributed by atoms with Gasteiger partial charge in [0.2, 0.25) is 0 Å². The molecule has 2 heterocycles. The number of hydrogen-bond donors (Lipinski definition) is 1. The van der Waals surface area contributed by atoms with Crippen molar-refractivity contribution in [2.45, 2.75) is 65.5 Å². The van der Waals surface area contributed by atoms with Gasteiger partial charge in [0.25, 0.3) is 0 Å². The fraction of sp³-hybridized carbons (Fsp3) is 0.407. The van der Waals surface area contributed by atoms with E-state index in [0.29, 0.717) is 5.56 Å². The summed E-state index contributed by atoms with van der Waals surface area (Å²) in [4.78, 5) is 0. The minimum Gasteiger partial charge on any atom is -0.481 e. The Bertz CT molecular complexity index is 1160.